The van der Waals surface area contributed by atoms with Crippen molar-refractivity contribution in [3.8, 4) is 11.5 Å². The Labute approximate surface area is 223 Å². The highest BCUT2D eigenvalue weighted by atomic mass is 79.9. The van der Waals surface area contributed by atoms with Crippen molar-refractivity contribution in [1.82, 2.24) is 9.29 Å². The summed E-state index contributed by atoms with van der Waals surface area (Å²) in [5.41, 5.74) is 2.44. The number of aromatic nitrogens is 1. The molecule has 0 saturated carbocycles. The van der Waals surface area contributed by atoms with Gasteiger partial charge in [-0.25, -0.2) is 18.3 Å². The van der Waals surface area contributed by atoms with Crippen LogP contribution in [0.5, 0.6) is 0 Å². The average Bonchev–Trinajstić information content (AvgIpc) is 3.45. The zero-order valence-electron chi connectivity index (χ0n) is 20.2. The van der Waals surface area contributed by atoms with Gasteiger partial charge in [0, 0.05) is 16.1 Å². The molecular formula is C27H24BrN3O5S. The molecule has 37 heavy (non-hydrogen) atoms. The molecule has 0 aliphatic carbocycles. The van der Waals surface area contributed by atoms with Crippen LogP contribution < -0.4 is 4.90 Å². The maximum absolute atomic E-state index is 13.6. The van der Waals surface area contributed by atoms with Gasteiger partial charge in [-0.05, 0) is 74.0 Å². The number of para-hydroxylation sites is 2. The number of benzene rings is 3. The topological polar surface area (TPSA) is 101 Å². The molecule has 0 N–H and O–H groups in total. The lowest BCUT2D eigenvalue weighted by Crippen LogP contribution is -2.49. The van der Waals surface area contributed by atoms with E-state index in [0.29, 0.717) is 29.1 Å². The van der Waals surface area contributed by atoms with Crippen LogP contribution in [0, 0.1) is 0 Å². The molecule has 2 heterocycles. The number of rotatable bonds is 7. The van der Waals surface area contributed by atoms with Gasteiger partial charge in [-0.1, -0.05) is 35.0 Å². The first-order chi connectivity index (χ1) is 17.7. The Hall–Kier alpha value is -3.34. The Kier molecular flexibility index (Phi) is 6.74. The van der Waals surface area contributed by atoms with Crippen LogP contribution in [0.25, 0.3) is 22.6 Å². The fourth-order valence-corrected chi connectivity index (χ4v) is 6.56. The van der Waals surface area contributed by atoms with E-state index in [4.69, 9.17) is 4.42 Å². The number of oxazole rings is 1. The van der Waals surface area contributed by atoms with Gasteiger partial charge in [0.25, 0.3) is 5.91 Å². The molecule has 2 unspecified atom stereocenters. The van der Waals surface area contributed by atoms with Gasteiger partial charge in [0.05, 0.1) is 17.0 Å². The molecule has 2 amide bonds. The van der Waals surface area contributed by atoms with Crippen molar-refractivity contribution in [3.63, 3.8) is 0 Å². The smallest absolute Gasteiger partial charge is 0.252 e. The molecule has 2 atom stereocenters. The minimum absolute atomic E-state index is 0.0670. The van der Waals surface area contributed by atoms with Crippen LogP contribution >= 0.6 is 15.9 Å². The highest BCUT2D eigenvalue weighted by Crippen LogP contribution is 2.33. The monoisotopic (exact) mass is 581 g/mol. The van der Waals surface area contributed by atoms with E-state index in [1.54, 1.807) is 43.3 Å². The standard InChI is InChI=1S/C27H24BrN3O5S/c1-3-17(2)31(37(34,35)21-14-10-19(28)11-15-21)23-16-25(32)30(27(23)33)20-12-8-18(9-13-20)26-29-22-6-4-5-7-24(22)36-26/h4-15,17,23H,3,16H2,1-2H3. The van der Waals surface area contributed by atoms with Crippen LogP contribution in [0.1, 0.15) is 26.7 Å². The molecule has 1 saturated heterocycles. The highest BCUT2D eigenvalue weighted by molar-refractivity contribution is 9.10. The summed E-state index contributed by atoms with van der Waals surface area (Å²) in [4.78, 5) is 32.2. The van der Waals surface area contributed by atoms with Crippen molar-refractivity contribution < 1.29 is 22.4 Å². The van der Waals surface area contributed by atoms with Crippen molar-refractivity contribution >= 4 is 54.6 Å². The summed E-state index contributed by atoms with van der Waals surface area (Å²) in [7, 11) is -4.04. The van der Waals surface area contributed by atoms with Gasteiger partial charge in [-0.3, -0.25) is 9.59 Å². The van der Waals surface area contributed by atoms with E-state index in [1.165, 1.54) is 16.4 Å². The summed E-state index contributed by atoms with van der Waals surface area (Å²) in [6.45, 7) is 3.59. The van der Waals surface area contributed by atoms with E-state index in [1.807, 2.05) is 31.2 Å². The number of hydrogen-bond donors (Lipinski definition) is 0. The molecule has 8 nitrogen and oxygen atoms in total. The van der Waals surface area contributed by atoms with E-state index in [2.05, 4.69) is 20.9 Å². The number of amides is 2. The predicted molar refractivity (Wildman–Crippen MR) is 143 cm³/mol. The lowest BCUT2D eigenvalue weighted by Gasteiger charge is -2.31. The highest BCUT2D eigenvalue weighted by Gasteiger charge is 2.48. The van der Waals surface area contributed by atoms with Gasteiger partial charge < -0.3 is 4.42 Å². The molecule has 0 radical (unpaired) electrons. The molecule has 1 aliphatic rings. The van der Waals surface area contributed by atoms with Gasteiger partial charge in [-0.15, -0.1) is 0 Å². The summed E-state index contributed by atoms with van der Waals surface area (Å²) in [6.07, 6.45) is 0.249. The number of sulfonamides is 1. The normalized spacial score (nSPS) is 17.2. The van der Waals surface area contributed by atoms with Crippen molar-refractivity contribution in [2.45, 2.75) is 43.7 Å². The summed E-state index contributed by atoms with van der Waals surface area (Å²) in [5, 5.41) is 0. The molecule has 4 aromatic rings. The number of carbonyl (C=O) groups is 2. The number of halogens is 1. The second-order valence-corrected chi connectivity index (χ2v) is 11.6. The number of anilines is 1. The summed E-state index contributed by atoms with van der Waals surface area (Å²) in [5.74, 6) is -0.599. The van der Waals surface area contributed by atoms with E-state index in [-0.39, 0.29) is 11.3 Å². The van der Waals surface area contributed by atoms with Crippen LogP contribution in [-0.4, -0.2) is 41.6 Å². The average molecular weight is 582 g/mol. The molecular weight excluding hydrogens is 558 g/mol. The lowest BCUT2D eigenvalue weighted by molar-refractivity contribution is -0.122. The molecule has 1 aliphatic heterocycles. The Balaban J connectivity index is 1.45. The Morgan fingerprint density at radius 2 is 1.73 bits per heavy atom. The lowest BCUT2D eigenvalue weighted by atomic mass is 10.2. The molecule has 10 heteroatoms. The molecule has 1 aromatic heterocycles. The van der Waals surface area contributed by atoms with Gasteiger partial charge in [0.2, 0.25) is 21.8 Å². The van der Waals surface area contributed by atoms with Crippen molar-refractivity contribution in [2.75, 3.05) is 4.90 Å². The van der Waals surface area contributed by atoms with Gasteiger partial charge in [0.15, 0.2) is 5.58 Å². The largest absolute Gasteiger partial charge is 0.436 e. The zero-order chi connectivity index (χ0) is 26.3. The predicted octanol–water partition coefficient (Wildman–Crippen LogP) is 5.38. The van der Waals surface area contributed by atoms with Crippen molar-refractivity contribution in [2.24, 2.45) is 0 Å². The van der Waals surface area contributed by atoms with E-state index in [0.717, 1.165) is 14.9 Å². The van der Waals surface area contributed by atoms with Gasteiger partial charge in [-0.2, -0.15) is 4.31 Å². The Morgan fingerprint density at radius 1 is 1.05 bits per heavy atom. The number of hydrogen-bond acceptors (Lipinski definition) is 6. The first-order valence-electron chi connectivity index (χ1n) is 11.8. The third-order valence-electron chi connectivity index (χ3n) is 6.51. The first-order valence-corrected chi connectivity index (χ1v) is 14.1. The van der Waals surface area contributed by atoms with E-state index >= 15 is 0 Å². The van der Waals surface area contributed by atoms with Gasteiger partial charge in [0.1, 0.15) is 11.6 Å². The third-order valence-corrected chi connectivity index (χ3v) is 9.08. The van der Waals surface area contributed by atoms with Crippen LogP contribution in [0.3, 0.4) is 0 Å². The molecule has 5 rings (SSSR count). The van der Waals surface area contributed by atoms with Crippen LogP contribution in [0.2, 0.25) is 0 Å². The minimum Gasteiger partial charge on any atom is -0.436 e. The second-order valence-electron chi connectivity index (χ2n) is 8.87. The number of fused-ring (bicyclic) bond motifs is 1. The Morgan fingerprint density at radius 3 is 2.38 bits per heavy atom. The maximum Gasteiger partial charge on any atom is 0.252 e. The number of imide groups is 1. The fourth-order valence-electron chi connectivity index (χ4n) is 4.45. The van der Waals surface area contributed by atoms with E-state index in [9.17, 15) is 18.0 Å². The number of carbonyl (C=O) groups excluding carboxylic acids is 2. The maximum atomic E-state index is 13.6. The van der Waals surface area contributed by atoms with Crippen LogP contribution in [0.4, 0.5) is 5.69 Å². The first kappa shape index (κ1) is 25.3. The molecule has 190 valence electrons. The summed E-state index contributed by atoms with van der Waals surface area (Å²) >= 11 is 3.31. The summed E-state index contributed by atoms with van der Waals surface area (Å²) in [6, 6.07) is 18.7. The zero-order valence-corrected chi connectivity index (χ0v) is 22.6. The molecule has 1 fully saturated rings. The number of nitrogens with zero attached hydrogens (tertiary/aromatic N) is 3. The van der Waals surface area contributed by atoms with Crippen molar-refractivity contribution in [3.05, 3.63) is 77.3 Å². The second kappa shape index (κ2) is 9.85. The Bertz CT molecular complexity index is 1550. The molecule has 0 spiro atoms. The summed E-state index contributed by atoms with van der Waals surface area (Å²) < 4.78 is 34.9. The van der Waals surface area contributed by atoms with E-state index < -0.39 is 33.9 Å². The van der Waals surface area contributed by atoms with Crippen molar-refractivity contribution in [1.29, 1.82) is 0 Å². The molecule has 3 aromatic carbocycles. The quantitative estimate of drug-likeness (QED) is 0.272. The molecule has 0 bridgehead atoms. The van der Waals surface area contributed by atoms with Gasteiger partial charge >= 0.3 is 0 Å². The van der Waals surface area contributed by atoms with Crippen LogP contribution in [0.15, 0.2) is 86.6 Å². The SMILES string of the molecule is CCC(C)N(C1CC(=O)N(c2ccc(-c3nc4ccccc4o3)cc2)C1=O)S(=O)(=O)c1ccc(Br)cc1. The third kappa shape index (κ3) is 4.60. The minimum atomic E-state index is -4.04. The fraction of sp³-hybridized carbons (Fsp3) is 0.222. The van der Waals surface area contributed by atoms with Crippen LogP contribution in [-0.2, 0) is 19.6 Å².